The van der Waals surface area contributed by atoms with Crippen LogP contribution in [-0.4, -0.2) is 35.9 Å². The van der Waals surface area contributed by atoms with E-state index in [-0.39, 0.29) is 11.5 Å². The number of nitrogens with two attached hydrogens (primary N) is 2. The highest BCUT2D eigenvalue weighted by atomic mass is 16.5. The van der Waals surface area contributed by atoms with E-state index in [1.54, 1.807) is 18.2 Å². The Morgan fingerprint density at radius 2 is 1.66 bits per heavy atom. The third-order valence-corrected chi connectivity index (χ3v) is 4.98. The van der Waals surface area contributed by atoms with Crippen LogP contribution in [0.1, 0.15) is 11.1 Å². The van der Waals surface area contributed by atoms with Gasteiger partial charge in [-0.05, 0) is 18.2 Å². The number of carbonyl (C=O) groups excluding carboxylic acids is 1. The number of rotatable bonds is 5. The van der Waals surface area contributed by atoms with Crippen LogP contribution in [-0.2, 0) is 9.53 Å². The molecule has 3 aromatic rings. The number of carbonyl (C=O) groups is 1. The highest BCUT2D eigenvalue weighted by molar-refractivity contribution is 6.20. The number of ether oxygens (including phenoxy) is 1. The van der Waals surface area contributed by atoms with Crippen molar-refractivity contribution in [3.05, 3.63) is 108 Å². The molecule has 35 heavy (non-hydrogen) atoms. The maximum absolute atomic E-state index is 12.9. The van der Waals surface area contributed by atoms with Gasteiger partial charge >= 0.3 is 0 Å². The van der Waals surface area contributed by atoms with Gasteiger partial charge in [-0.25, -0.2) is 4.99 Å². The van der Waals surface area contributed by atoms with Crippen LogP contribution in [0.2, 0.25) is 0 Å². The molecule has 1 aliphatic rings. The standard InChI is InChI=1S/C26H23N7O2/c27-15-18(16-30-19-11-5-2-6-12-19)23(28)35-26(29)33-24-25(34)31-21-14-8-7-13-20(21)22(32-24)17-9-3-1-4-10-17/h1-16,24,28H,27H2,(H2,29,33)(H,31,34). The van der Waals surface area contributed by atoms with Crippen molar-refractivity contribution in [1.29, 1.82) is 5.41 Å². The number of hydrogen-bond acceptors (Lipinski definition) is 7. The molecule has 9 heteroatoms. The van der Waals surface area contributed by atoms with Gasteiger partial charge in [-0.3, -0.25) is 15.2 Å². The van der Waals surface area contributed by atoms with E-state index in [0.29, 0.717) is 17.1 Å². The number of benzodiazepines with no additional fused rings is 1. The first-order valence-electron chi connectivity index (χ1n) is 10.7. The first kappa shape index (κ1) is 23.1. The monoisotopic (exact) mass is 465 g/mol. The van der Waals surface area contributed by atoms with E-state index in [1.807, 2.05) is 66.7 Å². The van der Waals surface area contributed by atoms with E-state index in [1.165, 1.54) is 12.4 Å². The van der Waals surface area contributed by atoms with Gasteiger partial charge in [0.25, 0.3) is 11.9 Å². The van der Waals surface area contributed by atoms with Crippen molar-refractivity contribution >= 4 is 41.1 Å². The van der Waals surface area contributed by atoms with Gasteiger partial charge in [0.15, 0.2) is 0 Å². The molecule has 1 heterocycles. The lowest BCUT2D eigenvalue weighted by Gasteiger charge is -2.10. The number of hydrogen-bond donors (Lipinski definition) is 4. The number of nitrogens with zero attached hydrogens (tertiary/aromatic N) is 3. The Labute approximate surface area is 202 Å². The van der Waals surface area contributed by atoms with Gasteiger partial charge in [0, 0.05) is 23.5 Å². The average molecular weight is 466 g/mol. The molecule has 0 spiro atoms. The minimum atomic E-state index is -1.23. The van der Waals surface area contributed by atoms with Crippen LogP contribution in [0, 0.1) is 5.41 Å². The first-order chi connectivity index (χ1) is 17.0. The van der Waals surface area contributed by atoms with Gasteiger partial charge in [0.1, 0.15) is 0 Å². The molecule has 4 rings (SSSR count). The molecule has 1 amide bonds. The maximum atomic E-state index is 12.9. The van der Waals surface area contributed by atoms with Gasteiger partial charge in [0.05, 0.1) is 22.7 Å². The normalized spacial score (nSPS) is 16.2. The molecule has 0 bridgehead atoms. The van der Waals surface area contributed by atoms with E-state index in [0.717, 1.165) is 11.1 Å². The van der Waals surface area contributed by atoms with Crippen molar-refractivity contribution in [3.8, 4) is 0 Å². The molecular formula is C26H23N7O2. The van der Waals surface area contributed by atoms with Crippen molar-refractivity contribution in [2.75, 3.05) is 5.32 Å². The summed E-state index contributed by atoms with van der Waals surface area (Å²) in [4.78, 5) is 25.8. The fraction of sp³-hybridized carbons (Fsp3) is 0.0385. The van der Waals surface area contributed by atoms with Crippen LogP contribution >= 0.6 is 0 Å². The van der Waals surface area contributed by atoms with E-state index in [2.05, 4.69) is 20.3 Å². The van der Waals surface area contributed by atoms with Gasteiger partial charge in [0.2, 0.25) is 12.1 Å². The smallest absolute Gasteiger partial charge is 0.291 e. The number of nitrogens with one attached hydrogen (secondary N) is 2. The molecule has 9 nitrogen and oxygen atoms in total. The second-order valence-corrected chi connectivity index (χ2v) is 7.37. The molecule has 174 valence electrons. The Morgan fingerprint density at radius 3 is 2.37 bits per heavy atom. The van der Waals surface area contributed by atoms with E-state index in [9.17, 15) is 4.79 Å². The number of aliphatic imine (C=N–C) groups is 3. The van der Waals surface area contributed by atoms with Crippen LogP contribution < -0.4 is 16.8 Å². The maximum Gasteiger partial charge on any atom is 0.291 e. The molecule has 0 saturated heterocycles. The Hall–Kier alpha value is -5.05. The summed E-state index contributed by atoms with van der Waals surface area (Å²) in [5.41, 5.74) is 15.2. The molecule has 0 radical (unpaired) electrons. The third kappa shape index (κ3) is 5.66. The van der Waals surface area contributed by atoms with Crippen LogP contribution in [0.25, 0.3) is 0 Å². The van der Waals surface area contributed by atoms with Crippen molar-refractivity contribution < 1.29 is 9.53 Å². The highest BCUT2D eigenvalue weighted by Gasteiger charge is 2.26. The van der Waals surface area contributed by atoms with Gasteiger partial charge < -0.3 is 21.5 Å². The first-order valence-corrected chi connectivity index (χ1v) is 10.7. The molecule has 0 saturated carbocycles. The number of amides is 1. The lowest BCUT2D eigenvalue weighted by atomic mass is 10.0. The minimum Gasteiger partial charge on any atom is -0.407 e. The summed E-state index contributed by atoms with van der Waals surface area (Å²) in [6.07, 6.45) is 1.32. The van der Waals surface area contributed by atoms with Crippen molar-refractivity contribution in [2.24, 2.45) is 26.4 Å². The Morgan fingerprint density at radius 1 is 1.00 bits per heavy atom. The van der Waals surface area contributed by atoms with E-state index in [4.69, 9.17) is 21.6 Å². The Balaban J connectivity index is 1.58. The largest absolute Gasteiger partial charge is 0.407 e. The number of amidine groups is 1. The predicted octanol–water partition coefficient (Wildman–Crippen LogP) is 3.36. The quantitative estimate of drug-likeness (QED) is 0.337. The van der Waals surface area contributed by atoms with Gasteiger partial charge in [-0.1, -0.05) is 66.7 Å². The van der Waals surface area contributed by atoms with E-state index >= 15 is 0 Å². The fourth-order valence-electron chi connectivity index (χ4n) is 3.31. The summed E-state index contributed by atoms with van der Waals surface area (Å²) in [7, 11) is 0. The lowest BCUT2D eigenvalue weighted by Crippen LogP contribution is -2.29. The number of fused-ring (bicyclic) bond motifs is 1. The van der Waals surface area contributed by atoms with Crippen molar-refractivity contribution in [2.45, 2.75) is 6.17 Å². The third-order valence-electron chi connectivity index (χ3n) is 4.98. The van der Waals surface area contributed by atoms with Crippen molar-refractivity contribution in [3.63, 3.8) is 0 Å². The van der Waals surface area contributed by atoms with Crippen LogP contribution in [0.5, 0.6) is 0 Å². The van der Waals surface area contributed by atoms with Crippen LogP contribution in [0.15, 0.2) is 112 Å². The molecule has 1 atom stereocenters. The van der Waals surface area contributed by atoms with Gasteiger partial charge in [-0.2, -0.15) is 4.99 Å². The molecule has 6 N–H and O–H groups in total. The summed E-state index contributed by atoms with van der Waals surface area (Å²) in [5.74, 6) is -0.861. The minimum absolute atomic E-state index is 0.179. The zero-order chi connectivity index (χ0) is 24.6. The number of anilines is 1. The average Bonchev–Trinajstić information content (AvgIpc) is 3.01. The molecule has 0 aliphatic carbocycles. The molecular weight excluding hydrogens is 442 g/mol. The molecule has 0 fully saturated rings. The van der Waals surface area contributed by atoms with E-state index < -0.39 is 18.1 Å². The second kappa shape index (κ2) is 10.7. The molecule has 3 aromatic carbocycles. The summed E-state index contributed by atoms with van der Waals surface area (Å²) >= 11 is 0. The van der Waals surface area contributed by atoms with Crippen molar-refractivity contribution in [1.82, 2.24) is 0 Å². The Bertz CT molecular complexity index is 1350. The fourth-order valence-corrected chi connectivity index (χ4v) is 3.31. The van der Waals surface area contributed by atoms with Crippen LogP contribution in [0.3, 0.4) is 0 Å². The molecule has 0 aromatic heterocycles. The lowest BCUT2D eigenvalue weighted by molar-refractivity contribution is -0.117. The number of benzene rings is 3. The second-order valence-electron chi connectivity index (χ2n) is 7.37. The summed E-state index contributed by atoms with van der Waals surface area (Å²) < 4.78 is 5.32. The summed E-state index contributed by atoms with van der Waals surface area (Å²) in [6, 6.07) is 25.5. The SMILES string of the molecule is N=C(OC(N)=NC1N=C(c2ccccc2)c2ccccc2NC1=O)C(C=Nc1ccccc1)=CN. The zero-order valence-electron chi connectivity index (χ0n) is 18.6. The molecule has 1 unspecified atom stereocenters. The zero-order valence-corrected chi connectivity index (χ0v) is 18.6. The predicted molar refractivity (Wildman–Crippen MR) is 138 cm³/mol. The van der Waals surface area contributed by atoms with Crippen LogP contribution in [0.4, 0.5) is 11.4 Å². The topological polar surface area (TPSA) is 151 Å². The number of para-hydroxylation sites is 2. The summed E-state index contributed by atoms with van der Waals surface area (Å²) in [6.45, 7) is 0. The highest BCUT2D eigenvalue weighted by Crippen LogP contribution is 2.24. The summed E-state index contributed by atoms with van der Waals surface area (Å²) in [5, 5.41) is 11.0. The Kier molecular flexibility index (Phi) is 7.08. The van der Waals surface area contributed by atoms with Gasteiger partial charge in [-0.15, -0.1) is 0 Å². The molecule has 1 aliphatic heterocycles.